The van der Waals surface area contributed by atoms with Crippen molar-refractivity contribution in [2.75, 3.05) is 13.2 Å². The molecule has 0 aromatic carbocycles. The van der Waals surface area contributed by atoms with Crippen molar-refractivity contribution in [2.45, 2.75) is 252 Å². The van der Waals surface area contributed by atoms with Crippen LogP contribution < -0.4 is 0 Å². The van der Waals surface area contributed by atoms with Gasteiger partial charge >= 0.3 is 17.9 Å². The van der Waals surface area contributed by atoms with Crippen molar-refractivity contribution < 1.29 is 28.6 Å². The van der Waals surface area contributed by atoms with Crippen LogP contribution in [-0.4, -0.2) is 37.2 Å². The summed E-state index contributed by atoms with van der Waals surface area (Å²) in [5, 5.41) is 0. The number of unbranched alkanes of at least 4 members (excludes halogenated alkanes) is 20. The molecule has 0 heterocycles. The number of hydrogen-bond donors (Lipinski definition) is 0. The van der Waals surface area contributed by atoms with Crippen molar-refractivity contribution in [1.82, 2.24) is 0 Å². The van der Waals surface area contributed by atoms with Gasteiger partial charge in [-0.15, -0.1) is 0 Å². The molecule has 0 saturated heterocycles. The topological polar surface area (TPSA) is 78.9 Å². The van der Waals surface area contributed by atoms with Crippen LogP contribution in [0.25, 0.3) is 0 Å². The molecule has 0 amide bonds. The Bertz CT molecular complexity index is 1410. The first-order valence-electron chi connectivity index (χ1n) is 27.9. The molecule has 0 rings (SSSR count). The van der Waals surface area contributed by atoms with Crippen LogP contribution in [0.2, 0.25) is 0 Å². The summed E-state index contributed by atoms with van der Waals surface area (Å²) in [7, 11) is 0. The predicted molar refractivity (Wildman–Crippen MR) is 293 cm³/mol. The number of allylic oxidation sites excluding steroid dienone is 18. The Morgan fingerprint density at radius 3 is 0.941 bits per heavy atom. The maximum atomic E-state index is 12.8. The molecular weight excluding hydrogens is 841 g/mol. The Labute approximate surface area is 419 Å². The molecule has 0 saturated carbocycles. The molecule has 1 atom stereocenters. The molecule has 0 aromatic heterocycles. The molecule has 0 fully saturated rings. The summed E-state index contributed by atoms with van der Waals surface area (Å²) in [5.74, 6) is -0.977. The average Bonchev–Trinajstić information content (AvgIpc) is 3.34. The van der Waals surface area contributed by atoms with E-state index in [2.05, 4.69) is 130 Å². The van der Waals surface area contributed by atoms with Crippen molar-refractivity contribution in [3.63, 3.8) is 0 Å². The maximum absolute atomic E-state index is 12.8. The molecule has 0 bridgehead atoms. The highest BCUT2D eigenvalue weighted by Gasteiger charge is 2.19. The third-order valence-electron chi connectivity index (χ3n) is 11.5. The summed E-state index contributed by atoms with van der Waals surface area (Å²) in [5.41, 5.74) is 0. The van der Waals surface area contributed by atoms with Crippen LogP contribution in [0.5, 0.6) is 0 Å². The van der Waals surface area contributed by atoms with E-state index in [1.165, 1.54) is 83.5 Å². The summed E-state index contributed by atoms with van der Waals surface area (Å²) >= 11 is 0. The zero-order chi connectivity index (χ0) is 49.3. The van der Waals surface area contributed by atoms with Gasteiger partial charge in [0.25, 0.3) is 0 Å². The number of ether oxygens (including phenoxy) is 3. The third kappa shape index (κ3) is 53.0. The van der Waals surface area contributed by atoms with Gasteiger partial charge < -0.3 is 14.2 Å². The number of rotatable bonds is 49. The van der Waals surface area contributed by atoms with Crippen LogP contribution >= 0.6 is 0 Å². The first-order chi connectivity index (χ1) is 33.5. The summed E-state index contributed by atoms with van der Waals surface area (Å²) in [4.78, 5) is 38.1. The van der Waals surface area contributed by atoms with Crippen LogP contribution in [0, 0.1) is 0 Å². The molecule has 0 aliphatic rings. The van der Waals surface area contributed by atoms with Gasteiger partial charge in [0.2, 0.25) is 0 Å². The van der Waals surface area contributed by atoms with E-state index in [1.54, 1.807) is 0 Å². The Kier molecular flexibility index (Phi) is 52.4. The van der Waals surface area contributed by atoms with Crippen molar-refractivity contribution in [3.05, 3.63) is 109 Å². The maximum Gasteiger partial charge on any atom is 0.306 e. The van der Waals surface area contributed by atoms with Crippen LogP contribution in [0.3, 0.4) is 0 Å². The number of esters is 3. The largest absolute Gasteiger partial charge is 0.462 e. The molecule has 386 valence electrons. The molecule has 0 aliphatic carbocycles. The third-order valence-corrected chi connectivity index (χ3v) is 11.5. The predicted octanol–water partition coefficient (Wildman–Crippen LogP) is 18.7. The van der Waals surface area contributed by atoms with E-state index in [0.29, 0.717) is 12.8 Å². The van der Waals surface area contributed by atoms with Crippen molar-refractivity contribution in [3.8, 4) is 0 Å². The van der Waals surface area contributed by atoms with E-state index in [9.17, 15) is 14.4 Å². The Morgan fingerprint density at radius 2 is 0.574 bits per heavy atom. The molecule has 6 nitrogen and oxygen atoms in total. The lowest BCUT2D eigenvalue weighted by Crippen LogP contribution is -2.30. The summed E-state index contributed by atoms with van der Waals surface area (Å²) in [6.07, 6.45) is 75.1. The Hall–Kier alpha value is -3.93. The van der Waals surface area contributed by atoms with Crippen LogP contribution in [0.4, 0.5) is 0 Å². The van der Waals surface area contributed by atoms with E-state index in [4.69, 9.17) is 14.2 Å². The smallest absolute Gasteiger partial charge is 0.306 e. The van der Waals surface area contributed by atoms with Crippen LogP contribution in [0.1, 0.15) is 245 Å². The number of hydrogen-bond acceptors (Lipinski definition) is 6. The normalized spacial score (nSPS) is 12.9. The van der Waals surface area contributed by atoms with E-state index in [0.717, 1.165) is 122 Å². The standard InChI is InChI=1S/C62H102O6/c1-4-7-10-13-16-19-22-25-28-30-32-34-37-40-43-46-49-52-55-61(64)67-58-59(57-66-60(63)54-51-48-45-42-39-36-33-27-24-21-18-15-12-9-6-3)68-62(65)56-53-50-47-44-41-38-35-31-29-26-23-20-17-14-11-8-5-2/h8-9,11-12,17-18,20-21,26-30,33,35,38-39,42,59H,4-7,10,13-16,19,22-25,31-32,34,36-37,40-41,43-58H2,1-3H3/b11-8-,12-9-,20-17-,21-18-,29-26-,30-28-,33-27-,38-35-,42-39-. The lowest BCUT2D eigenvalue weighted by atomic mass is 10.1. The van der Waals surface area contributed by atoms with E-state index >= 15 is 0 Å². The minimum absolute atomic E-state index is 0.105. The number of carbonyl (C=O) groups excluding carboxylic acids is 3. The summed E-state index contributed by atoms with van der Waals surface area (Å²) in [6.45, 7) is 6.35. The SMILES string of the molecule is CC/C=C\C/C=C\C/C=C\C/C=C\CCCCCCC(=O)OC(COC(=O)CCCC/C=C\C/C=C\C/C=C\C/C=C\CC)COC(=O)CCCCCCCCC/C=C\CCCCCCCCC. The molecule has 0 spiro atoms. The fraction of sp³-hybridized carbons (Fsp3) is 0.661. The Balaban J connectivity index is 4.50. The minimum Gasteiger partial charge on any atom is -0.462 e. The summed E-state index contributed by atoms with van der Waals surface area (Å²) < 4.78 is 16.8. The minimum atomic E-state index is -0.812. The van der Waals surface area contributed by atoms with Gasteiger partial charge in [0, 0.05) is 19.3 Å². The molecule has 6 heteroatoms. The Morgan fingerprint density at radius 1 is 0.309 bits per heavy atom. The van der Waals surface area contributed by atoms with Gasteiger partial charge in [0.05, 0.1) is 0 Å². The molecule has 1 unspecified atom stereocenters. The quantitative estimate of drug-likeness (QED) is 0.0262. The second-order valence-corrected chi connectivity index (χ2v) is 18.1. The van der Waals surface area contributed by atoms with Crippen molar-refractivity contribution in [1.29, 1.82) is 0 Å². The second-order valence-electron chi connectivity index (χ2n) is 18.1. The van der Waals surface area contributed by atoms with Crippen molar-refractivity contribution >= 4 is 17.9 Å². The van der Waals surface area contributed by atoms with Gasteiger partial charge in [-0.1, -0.05) is 214 Å². The monoisotopic (exact) mass is 943 g/mol. The molecule has 68 heavy (non-hydrogen) atoms. The lowest BCUT2D eigenvalue weighted by molar-refractivity contribution is -0.167. The van der Waals surface area contributed by atoms with Gasteiger partial charge in [-0.2, -0.15) is 0 Å². The average molecular weight is 943 g/mol. The van der Waals surface area contributed by atoms with E-state index in [-0.39, 0.29) is 37.5 Å². The van der Waals surface area contributed by atoms with Crippen molar-refractivity contribution in [2.24, 2.45) is 0 Å². The molecular formula is C62H102O6. The molecule has 0 N–H and O–H groups in total. The number of carbonyl (C=O) groups is 3. The zero-order valence-corrected chi connectivity index (χ0v) is 44.1. The molecule has 0 aliphatic heterocycles. The first kappa shape index (κ1) is 64.1. The van der Waals surface area contributed by atoms with Gasteiger partial charge in [0.1, 0.15) is 13.2 Å². The van der Waals surface area contributed by atoms with Gasteiger partial charge in [-0.05, 0) is 122 Å². The van der Waals surface area contributed by atoms with Crippen LogP contribution in [-0.2, 0) is 28.6 Å². The summed E-state index contributed by atoms with van der Waals surface area (Å²) in [6, 6.07) is 0. The second kappa shape index (κ2) is 55.7. The lowest BCUT2D eigenvalue weighted by Gasteiger charge is -2.18. The van der Waals surface area contributed by atoms with Gasteiger partial charge in [-0.3, -0.25) is 14.4 Å². The first-order valence-corrected chi connectivity index (χ1v) is 27.9. The van der Waals surface area contributed by atoms with Gasteiger partial charge in [-0.25, -0.2) is 0 Å². The highest BCUT2D eigenvalue weighted by Crippen LogP contribution is 2.14. The molecule has 0 radical (unpaired) electrons. The van der Waals surface area contributed by atoms with Crippen LogP contribution in [0.15, 0.2) is 109 Å². The van der Waals surface area contributed by atoms with Gasteiger partial charge in [0.15, 0.2) is 6.10 Å². The zero-order valence-electron chi connectivity index (χ0n) is 44.1. The molecule has 0 aromatic rings. The fourth-order valence-electron chi connectivity index (χ4n) is 7.36. The van der Waals surface area contributed by atoms with E-state index in [1.807, 2.05) is 0 Å². The van der Waals surface area contributed by atoms with E-state index < -0.39 is 6.10 Å². The highest BCUT2D eigenvalue weighted by molar-refractivity contribution is 5.71. The fourth-order valence-corrected chi connectivity index (χ4v) is 7.36. The highest BCUT2D eigenvalue weighted by atomic mass is 16.6.